The van der Waals surface area contributed by atoms with E-state index in [1.54, 1.807) is 0 Å². The van der Waals surface area contributed by atoms with E-state index in [0.717, 1.165) is 0 Å². The van der Waals surface area contributed by atoms with E-state index in [0.29, 0.717) is 19.0 Å². The Kier molecular flexibility index (Phi) is 1.52. The van der Waals surface area contributed by atoms with E-state index in [1.165, 1.54) is 10.6 Å². The molecule has 1 rings (SSSR count). The van der Waals surface area contributed by atoms with Gasteiger partial charge in [0, 0.05) is 13.1 Å². The number of sulfonamides is 1. The summed E-state index contributed by atoms with van der Waals surface area (Å²) >= 11 is 0. The smallest absolute Gasteiger partial charge is 0.211 e. The molecule has 0 atom stereocenters. The highest BCUT2D eigenvalue weighted by Gasteiger charge is 2.29. The fourth-order valence-electron chi connectivity index (χ4n) is 0.913. The van der Waals surface area contributed by atoms with Crippen molar-refractivity contribution in [2.24, 2.45) is 5.92 Å². The average Bonchev–Trinajstić information content (AvgIpc) is 1.55. The van der Waals surface area contributed by atoms with Crippen molar-refractivity contribution >= 4 is 10.0 Å². The molecule has 1 heterocycles. The second-order valence-electron chi connectivity index (χ2n) is 2.69. The number of hydrogen-bond donors (Lipinski definition) is 0. The molecule has 0 radical (unpaired) electrons. The highest BCUT2D eigenvalue weighted by Crippen LogP contribution is 2.16. The van der Waals surface area contributed by atoms with Crippen molar-refractivity contribution in [1.29, 1.82) is 0 Å². The van der Waals surface area contributed by atoms with Crippen molar-refractivity contribution in [1.82, 2.24) is 4.31 Å². The van der Waals surface area contributed by atoms with Crippen molar-refractivity contribution < 1.29 is 8.42 Å². The van der Waals surface area contributed by atoms with Gasteiger partial charge in [-0.05, 0) is 5.92 Å². The molecule has 0 aromatic heterocycles. The van der Waals surface area contributed by atoms with E-state index in [4.69, 9.17) is 0 Å². The number of nitrogens with zero attached hydrogens (tertiary/aromatic N) is 1. The lowest BCUT2D eigenvalue weighted by molar-refractivity contribution is 0.220. The molecule has 54 valence electrons. The standard InChI is InChI=1S/C5H11NO2S/c1-5-3-6(4-5)9(2,7)8/h5H,3-4H2,1-2H3. The van der Waals surface area contributed by atoms with Crippen molar-refractivity contribution in [2.75, 3.05) is 19.3 Å². The molecule has 1 aliphatic rings. The average molecular weight is 149 g/mol. The van der Waals surface area contributed by atoms with Crippen LogP contribution in [0.5, 0.6) is 0 Å². The highest BCUT2D eigenvalue weighted by molar-refractivity contribution is 7.88. The van der Waals surface area contributed by atoms with E-state index in [9.17, 15) is 8.42 Å². The van der Waals surface area contributed by atoms with Crippen molar-refractivity contribution in [2.45, 2.75) is 6.92 Å². The summed E-state index contributed by atoms with van der Waals surface area (Å²) in [5.74, 6) is 0.555. The summed E-state index contributed by atoms with van der Waals surface area (Å²) in [6, 6.07) is 0. The lowest BCUT2D eigenvalue weighted by Crippen LogP contribution is -2.47. The van der Waals surface area contributed by atoms with Gasteiger partial charge in [-0.2, -0.15) is 0 Å². The zero-order chi connectivity index (χ0) is 7.07. The Bertz CT molecular complexity index is 191. The van der Waals surface area contributed by atoms with Crippen LogP contribution in [0, 0.1) is 5.92 Å². The molecule has 1 aliphatic heterocycles. The molecule has 9 heavy (non-hydrogen) atoms. The third kappa shape index (κ3) is 1.43. The van der Waals surface area contributed by atoms with Crippen LogP contribution in [-0.2, 0) is 10.0 Å². The first-order chi connectivity index (χ1) is 4.00. The monoisotopic (exact) mass is 149 g/mol. The van der Waals surface area contributed by atoms with Gasteiger partial charge in [0.2, 0.25) is 10.0 Å². The molecule has 0 aromatic rings. The Morgan fingerprint density at radius 3 is 2.00 bits per heavy atom. The molecule has 0 unspecified atom stereocenters. The summed E-state index contributed by atoms with van der Waals surface area (Å²) in [6.07, 6.45) is 1.25. The van der Waals surface area contributed by atoms with Crippen molar-refractivity contribution in [3.8, 4) is 0 Å². The van der Waals surface area contributed by atoms with Crippen LogP contribution in [-0.4, -0.2) is 32.1 Å². The molecular weight excluding hydrogens is 138 g/mol. The third-order valence-electron chi connectivity index (χ3n) is 1.50. The van der Waals surface area contributed by atoms with E-state index in [2.05, 4.69) is 0 Å². The maximum Gasteiger partial charge on any atom is 0.211 e. The van der Waals surface area contributed by atoms with Gasteiger partial charge in [0.05, 0.1) is 6.26 Å². The molecule has 0 aliphatic carbocycles. The van der Waals surface area contributed by atoms with Crippen LogP contribution < -0.4 is 0 Å². The van der Waals surface area contributed by atoms with E-state index >= 15 is 0 Å². The summed E-state index contributed by atoms with van der Waals surface area (Å²) in [5.41, 5.74) is 0. The van der Waals surface area contributed by atoms with E-state index in [-0.39, 0.29) is 0 Å². The van der Waals surface area contributed by atoms with Gasteiger partial charge in [-0.3, -0.25) is 0 Å². The quantitative estimate of drug-likeness (QED) is 0.522. The lowest BCUT2D eigenvalue weighted by Gasteiger charge is -2.34. The Labute approximate surface area is 55.7 Å². The maximum absolute atomic E-state index is 10.7. The minimum absolute atomic E-state index is 0.555. The second-order valence-corrected chi connectivity index (χ2v) is 4.67. The van der Waals surface area contributed by atoms with Gasteiger partial charge < -0.3 is 0 Å². The number of hydrogen-bond acceptors (Lipinski definition) is 2. The summed E-state index contributed by atoms with van der Waals surface area (Å²) in [7, 11) is -2.87. The Hall–Kier alpha value is -0.0900. The Morgan fingerprint density at radius 1 is 1.44 bits per heavy atom. The molecule has 0 amide bonds. The van der Waals surface area contributed by atoms with Gasteiger partial charge in [0.15, 0.2) is 0 Å². The first-order valence-corrected chi connectivity index (χ1v) is 4.80. The molecule has 0 aromatic carbocycles. The lowest BCUT2D eigenvalue weighted by atomic mass is 10.1. The Morgan fingerprint density at radius 2 is 1.89 bits per heavy atom. The van der Waals surface area contributed by atoms with Crippen LogP contribution in [0.3, 0.4) is 0 Å². The largest absolute Gasteiger partial charge is 0.213 e. The maximum atomic E-state index is 10.7. The molecule has 1 fully saturated rings. The minimum Gasteiger partial charge on any atom is -0.213 e. The van der Waals surface area contributed by atoms with Gasteiger partial charge in [0.25, 0.3) is 0 Å². The van der Waals surface area contributed by atoms with Gasteiger partial charge in [-0.15, -0.1) is 0 Å². The molecular formula is C5H11NO2S. The minimum atomic E-state index is -2.87. The highest BCUT2D eigenvalue weighted by atomic mass is 32.2. The first-order valence-electron chi connectivity index (χ1n) is 2.95. The van der Waals surface area contributed by atoms with Crippen LogP contribution in [0.25, 0.3) is 0 Å². The zero-order valence-corrected chi connectivity index (χ0v) is 6.48. The fraction of sp³-hybridized carbons (Fsp3) is 1.00. The molecule has 1 saturated heterocycles. The predicted molar refractivity (Wildman–Crippen MR) is 35.6 cm³/mol. The van der Waals surface area contributed by atoms with Crippen LogP contribution in [0.1, 0.15) is 6.92 Å². The van der Waals surface area contributed by atoms with Gasteiger partial charge in [0.1, 0.15) is 0 Å². The Balaban J connectivity index is 2.51. The van der Waals surface area contributed by atoms with E-state index in [1.807, 2.05) is 6.92 Å². The van der Waals surface area contributed by atoms with Crippen molar-refractivity contribution in [3.63, 3.8) is 0 Å². The van der Waals surface area contributed by atoms with E-state index < -0.39 is 10.0 Å². The summed E-state index contributed by atoms with van der Waals surface area (Å²) in [5, 5.41) is 0. The summed E-state index contributed by atoms with van der Waals surface area (Å²) < 4.78 is 22.9. The van der Waals surface area contributed by atoms with Gasteiger partial charge >= 0.3 is 0 Å². The molecule has 0 N–H and O–H groups in total. The molecule has 3 nitrogen and oxygen atoms in total. The first kappa shape index (κ1) is 7.02. The van der Waals surface area contributed by atoms with Crippen LogP contribution in [0.4, 0.5) is 0 Å². The normalized spacial score (nSPS) is 23.8. The second kappa shape index (κ2) is 1.95. The van der Waals surface area contributed by atoms with Gasteiger partial charge in [-0.25, -0.2) is 12.7 Å². The molecule has 0 bridgehead atoms. The summed E-state index contributed by atoms with van der Waals surface area (Å²) in [4.78, 5) is 0. The van der Waals surface area contributed by atoms with Gasteiger partial charge in [-0.1, -0.05) is 6.92 Å². The zero-order valence-electron chi connectivity index (χ0n) is 5.66. The van der Waals surface area contributed by atoms with Crippen molar-refractivity contribution in [3.05, 3.63) is 0 Å². The molecule has 0 spiro atoms. The van der Waals surface area contributed by atoms with Crippen LogP contribution in [0.15, 0.2) is 0 Å². The molecule has 4 heteroatoms. The SMILES string of the molecule is CC1CN(S(C)(=O)=O)C1. The van der Waals surface area contributed by atoms with Crippen LogP contribution in [0.2, 0.25) is 0 Å². The topological polar surface area (TPSA) is 37.4 Å². The third-order valence-corrected chi connectivity index (χ3v) is 2.74. The predicted octanol–water partition coefficient (Wildman–Crippen LogP) is -0.102. The fourth-order valence-corrected chi connectivity index (χ4v) is 1.96. The summed E-state index contributed by atoms with van der Waals surface area (Å²) in [6.45, 7) is 3.46. The molecule has 0 saturated carbocycles. The van der Waals surface area contributed by atoms with Crippen LogP contribution >= 0.6 is 0 Å². The number of rotatable bonds is 1.